The standard InChI is InChI=1S/C19H24N4O5/c1-2-28-19(27)13-3-5-14(6-4-13)23-17(25)11-15(18(23)26)22-9-7-21(8-10-22)12-16(20)24/h3-6,15H,2,7-12H2,1H3,(H2,20,24)/p+2/t15-/m0/s1. The van der Waals surface area contributed by atoms with E-state index in [-0.39, 0.29) is 30.7 Å². The van der Waals surface area contributed by atoms with E-state index < -0.39 is 12.0 Å². The smallest absolute Gasteiger partial charge is 0.338 e. The van der Waals surface area contributed by atoms with Gasteiger partial charge in [-0.1, -0.05) is 0 Å². The van der Waals surface area contributed by atoms with Gasteiger partial charge >= 0.3 is 5.97 Å². The van der Waals surface area contributed by atoms with Crippen molar-refractivity contribution < 1.29 is 33.7 Å². The second kappa shape index (κ2) is 8.49. The molecule has 1 aromatic carbocycles. The Morgan fingerprint density at radius 3 is 2.36 bits per heavy atom. The average molecular weight is 390 g/mol. The summed E-state index contributed by atoms with van der Waals surface area (Å²) in [6.45, 7) is 5.21. The van der Waals surface area contributed by atoms with Crippen LogP contribution in [0.3, 0.4) is 0 Å². The second-order valence-electron chi connectivity index (χ2n) is 7.14. The number of primary amides is 1. The number of hydrogen-bond donors (Lipinski definition) is 3. The molecule has 1 atom stereocenters. The minimum Gasteiger partial charge on any atom is -0.462 e. The molecule has 2 aliphatic heterocycles. The van der Waals surface area contributed by atoms with Crippen molar-refractivity contribution in [3.63, 3.8) is 0 Å². The van der Waals surface area contributed by atoms with Crippen LogP contribution in [0.4, 0.5) is 5.69 Å². The summed E-state index contributed by atoms with van der Waals surface area (Å²) in [5.74, 6) is -1.23. The molecule has 0 spiro atoms. The number of anilines is 1. The van der Waals surface area contributed by atoms with Crippen molar-refractivity contribution >= 4 is 29.4 Å². The monoisotopic (exact) mass is 390 g/mol. The molecular weight excluding hydrogens is 364 g/mol. The fourth-order valence-corrected chi connectivity index (χ4v) is 3.88. The summed E-state index contributed by atoms with van der Waals surface area (Å²) in [6, 6.07) is 5.89. The molecule has 3 amide bonds. The van der Waals surface area contributed by atoms with Crippen LogP contribution in [0.15, 0.2) is 24.3 Å². The number of ether oxygens (including phenoxy) is 1. The van der Waals surface area contributed by atoms with E-state index in [4.69, 9.17) is 10.5 Å². The highest BCUT2D eigenvalue weighted by atomic mass is 16.5. The lowest BCUT2D eigenvalue weighted by molar-refractivity contribution is -1.02. The molecule has 0 aromatic heterocycles. The van der Waals surface area contributed by atoms with E-state index >= 15 is 0 Å². The van der Waals surface area contributed by atoms with Crippen molar-refractivity contribution in [3.8, 4) is 0 Å². The average Bonchev–Trinajstić information content (AvgIpc) is 2.96. The van der Waals surface area contributed by atoms with Crippen molar-refractivity contribution in [1.29, 1.82) is 0 Å². The Balaban J connectivity index is 1.65. The zero-order valence-electron chi connectivity index (χ0n) is 15.9. The first-order chi connectivity index (χ1) is 13.4. The molecule has 9 heteroatoms. The minimum atomic E-state index is -0.438. The zero-order chi connectivity index (χ0) is 20.3. The van der Waals surface area contributed by atoms with Crippen molar-refractivity contribution in [2.45, 2.75) is 19.4 Å². The van der Waals surface area contributed by atoms with E-state index in [1.165, 1.54) is 4.90 Å². The number of carbonyl (C=O) groups excluding carboxylic acids is 4. The number of piperazine rings is 1. The van der Waals surface area contributed by atoms with Gasteiger partial charge < -0.3 is 20.3 Å². The summed E-state index contributed by atoms with van der Waals surface area (Å²) < 4.78 is 4.94. The third-order valence-corrected chi connectivity index (χ3v) is 5.30. The summed E-state index contributed by atoms with van der Waals surface area (Å²) >= 11 is 0. The molecule has 0 aliphatic carbocycles. The normalized spacial score (nSPS) is 25.0. The lowest BCUT2D eigenvalue weighted by Gasteiger charge is -2.31. The third-order valence-electron chi connectivity index (χ3n) is 5.30. The number of nitrogens with one attached hydrogen (secondary N) is 2. The van der Waals surface area contributed by atoms with Gasteiger partial charge in [0, 0.05) is 0 Å². The van der Waals surface area contributed by atoms with E-state index in [9.17, 15) is 19.2 Å². The van der Waals surface area contributed by atoms with Crippen LogP contribution in [-0.2, 0) is 19.1 Å². The van der Waals surface area contributed by atoms with Crippen LogP contribution in [0, 0.1) is 0 Å². The molecule has 1 aromatic rings. The topological polar surface area (TPSA) is 116 Å². The van der Waals surface area contributed by atoms with E-state index in [0.717, 1.165) is 22.9 Å². The Kier molecular flexibility index (Phi) is 6.05. The Morgan fingerprint density at radius 1 is 1.14 bits per heavy atom. The van der Waals surface area contributed by atoms with Gasteiger partial charge in [0.1, 0.15) is 26.2 Å². The van der Waals surface area contributed by atoms with E-state index in [1.807, 2.05) is 0 Å². The van der Waals surface area contributed by atoms with Gasteiger partial charge in [-0.05, 0) is 31.2 Å². The summed E-state index contributed by atoms with van der Waals surface area (Å²) in [4.78, 5) is 51.6. The number of imide groups is 1. The van der Waals surface area contributed by atoms with Crippen LogP contribution in [0.1, 0.15) is 23.7 Å². The van der Waals surface area contributed by atoms with Crippen LogP contribution in [0.25, 0.3) is 0 Å². The lowest BCUT2D eigenvalue weighted by atomic mass is 10.1. The second-order valence-corrected chi connectivity index (χ2v) is 7.14. The molecular formula is C19H26N4O5+2. The molecule has 4 N–H and O–H groups in total. The van der Waals surface area contributed by atoms with Crippen LogP contribution in [0.2, 0.25) is 0 Å². The SMILES string of the molecule is CCOC(=O)c1ccc(N2C(=O)C[C@H]([NH+]3CC[NH+](CC(N)=O)CC3)C2=O)cc1. The molecule has 0 saturated carbocycles. The van der Waals surface area contributed by atoms with Gasteiger partial charge in [0.2, 0.25) is 5.91 Å². The van der Waals surface area contributed by atoms with Gasteiger partial charge in [-0.2, -0.15) is 0 Å². The van der Waals surface area contributed by atoms with Crippen molar-refractivity contribution in [1.82, 2.24) is 0 Å². The highest BCUT2D eigenvalue weighted by Gasteiger charge is 2.47. The maximum absolute atomic E-state index is 12.9. The molecule has 9 nitrogen and oxygen atoms in total. The highest BCUT2D eigenvalue weighted by Crippen LogP contribution is 2.22. The molecule has 150 valence electrons. The summed E-state index contributed by atoms with van der Waals surface area (Å²) in [6.07, 6.45) is 0.166. The van der Waals surface area contributed by atoms with Gasteiger partial charge in [0.25, 0.3) is 11.8 Å². The Labute approximate surface area is 163 Å². The lowest BCUT2D eigenvalue weighted by Crippen LogP contribution is -3.30. The molecule has 3 rings (SSSR count). The number of rotatable bonds is 6. The number of quaternary nitrogens is 2. The van der Waals surface area contributed by atoms with Gasteiger partial charge in [-0.25, -0.2) is 9.69 Å². The molecule has 2 fully saturated rings. The van der Waals surface area contributed by atoms with E-state index in [0.29, 0.717) is 30.9 Å². The maximum Gasteiger partial charge on any atom is 0.338 e. The number of amides is 3. The molecule has 2 heterocycles. The third kappa shape index (κ3) is 4.20. The Hall–Kier alpha value is -2.78. The summed E-state index contributed by atoms with van der Waals surface area (Å²) in [5, 5.41) is 0. The fourth-order valence-electron chi connectivity index (χ4n) is 3.88. The predicted octanol–water partition coefficient (Wildman–Crippen LogP) is -3.24. The van der Waals surface area contributed by atoms with Crippen LogP contribution in [-0.4, -0.2) is 69.1 Å². The number of carbonyl (C=O) groups is 4. The molecule has 2 aliphatic rings. The molecule has 0 radical (unpaired) electrons. The van der Waals surface area contributed by atoms with Crippen LogP contribution < -0.4 is 20.4 Å². The largest absolute Gasteiger partial charge is 0.462 e. The van der Waals surface area contributed by atoms with Crippen LogP contribution >= 0.6 is 0 Å². The van der Waals surface area contributed by atoms with Gasteiger partial charge in [0.15, 0.2) is 12.6 Å². The molecule has 28 heavy (non-hydrogen) atoms. The van der Waals surface area contributed by atoms with Gasteiger partial charge in [-0.15, -0.1) is 0 Å². The number of benzene rings is 1. The summed E-state index contributed by atoms with van der Waals surface area (Å²) in [7, 11) is 0. The van der Waals surface area contributed by atoms with Gasteiger partial charge in [0.05, 0.1) is 24.3 Å². The van der Waals surface area contributed by atoms with Crippen molar-refractivity contribution in [2.75, 3.05) is 44.2 Å². The number of nitrogens with two attached hydrogens (primary N) is 1. The maximum atomic E-state index is 12.9. The van der Waals surface area contributed by atoms with Crippen molar-refractivity contribution in [3.05, 3.63) is 29.8 Å². The zero-order valence-corrected chi connectivity index (χ0v) is 15.9. The Bertz CT molecular complexity index is 771. The quantitative estimate of drug-likeness (QED) is 0.349. The Morgan fingerprint density at radius 2 is 1.79 bits per heavy atom. The first-order valence-electron chi connectivity index (χ1n) is 9.51. The first kappa shape index (κ1) is 20.0. The fraction of sp³-hybridized carbons (Fsp3) is 0.474. The number of esters is 1. The minimum absolute atomic E-state index is 0.166. The van der Waals surface area contributed by atoms with Crippen LogP contribution in [0.5, 0.6) is 0 Å². The number of hydrogen-bond acceptors (Lipinski definition) is 5. The summed E-state index contributed by atoms with van der Waals surface area (Å²) in [5.41, 5.74) is 6.08. The highest BCUT2D eigenvalue weighted by molar-refractivity contribution is 6.21. The van der Waals surface area contributed by atoms with Gasteiger partial charge in [-0.3, -0.25) is 14.4 Å². The predicted molar refractivity (Wildman–Crippen MR) is 98.8 cm³/mol. The first-order valence-corrected chi connectivity index (χ1v) is 9.51. The molecule has 0 bridgehead atoms. The molecule has 2 saturated heterocycles. The number of nitrogens with zero attached hydrogens (tertiary/aromatic N) is 1. The van der Waals surface area contributed by atoms with Crippen molar-refractivity contribution in [2.24, 2.45) is 5.73 Å². The van der Waals surface area contributed by atoms with E-state index in [2.05, 4.69) is 0 Å². The molecule has 0 unspecified atom stereocenters. The van der Waals surface area contributed by atoms with E-state index in [1.54, 1.807) is 31.2 Å².